The number of carboxylic acid groups (broad SMARTS) is 1. The van der Waals surface area contributed by atoms with E-state index in [-0.39, 0.29) is 6.17 Å². The number of aliphatic carboxylic acids is 1. The smallest absolute Gasteiger partial charge is 0.313 e. The fourth-order valence-corrected chi connectivity index (χ4v) is 3.76. The Morgan fingerprint density at radius 1 is 1.00 bits per heavy atom. The van der Waals surface area contributed by atoms with E-state index in [4.69, 9.17) is 0 Å². The van der Waals surface area contributed by atoms with Gasteiger partial charge < -0.3 is 5.11 Å². The van der Waals surface area contributed by atoms with Crippen LogP contribution in [0.15, 0.2) is 30.3 Å². The first-order valence-electron chi connectivity index (χ1n) is 6.93. The van der Waals surface area contributed by atoms with Gasteiger partial charge in [0.1, 0.15) is 5.92 Å². The second kappa shape index (κ2) is 4.53. The third-order valence-electron chi connectivity index (χ3n) is 4.40. The van der Waals surface area contributed by atoms with E-state index < -0.39 is 11.9 Å². The zero-order chi connectivity index (χ0) is 13.7. The van der Waals surface area contributed by atoms with Crippen LogP contribution in [-0.2, 0) is 4.79 Å². The van der Waals surface area contributed by atoms with E-state index in [1.54, 1.807) is 0 Å². The van der Waals surface area contributed by atoms with Gasteiger partial charge in [0.2, 0.25) is 0 Å². The minimum Gasteiger partial charge on any atom is -0.481 e. The van der Waals surface area contributed by atoms with Crippen LogP contribution in [0.4, 0.5) is 0 Å². The van der Waals surface area contributed by atoms with Crippen molar-refractivity contribution in [1.29, 1.82) is 0 Å². The average Bonchev–Trinajstić information content (AvgIpc) is 2.42. The van der Waals surface area contributed by atoms with Crippen LogP contribution in [0.1, 0.15) is 11.5 Å². The van der Waals surface area contributed by atoms with Crippen molar-refractivity contribution in [3.63, 3.8) is 0 Å². The zero-order valence-corrected chi connectivity index (χ0v) is 11.2. The van der Waals surface area contributed by atoms with Crippen LogP contribution in [0, 0.1) is 0 Å². The summed E-state index contributed by atoms with van der Waals surface area (Å²) in [7, 11) is 0. The van der Waals surface area contributed by atoms with Gasteiger partial charge in [-0.3, -0.25) is 24.4 Å². The number of hydrogen-bond donors (Lipinski definition) is 1. The minimum absolute atomic E-state index is 0.0392. The summed E-state index contributed by atoms with van der Waals surface area (Å²) in [5.74, 6) is -1.22. The molecule has 4 aliphatic heterocycles. The van der Waals surface area contributed by atoms with Crippen molar-refractivity contribution in [1.82, 2.24) is 19.6 Å². The molecule has 4 aliphatic rings. The van der Waals surface area contributed by atoms with Crippen molar-refractivity contribution < 1.29 is 9.90 Å². The van der Waals surface area contributed by atoms with Crippen LogP contribution in [-0.4, -0.2) is 70.2 Å². The molecular formula is C14H18N4O2. The highest BCUT2D eigenvalue weighted by atomic mass is 16.4. The SMILES string of the molecule is O=C(O)C(c1ccccc1)C1N2CN3CN(C2)CN1C3. The molecule has 0 saturated carbocycles. The molecule has 0 aliphatic carbocycles. The first-order chi connectivity index (χ1) is 9.72. The summed E-state index contributed by atoms with van der Waals surface area (Å²) in [6, 6.07) is 9.61. The van der Waals surface area contributed by atoms with Crippen LogP contribution in [0.5, 0.6) is 0 Å². The molecule has 20 heavy (non-hydrogen) atoms. The van der Waals surface area contributed by atoms with Gasteiger partial charge >= 0.3 is 5.97 Å². The normalized spacial score (nSPS) is 39.7. The number of carboxylic acids is 1. The second-order valence-electron chi connectivity index (χ2n) is 5.87. The van der Waals surface area contributed by atoms with Crippen molar-refractivity contribution in [3.8, 4) is 0 Å². The molecule has 106 valence electrons. The number of rotatable bonds is 3. The highest BCUT2D eigenvalue weighted by Gasteiger charge is 2.48. The molecule has 0 amide bonds. The van der Waals surface area contributed by atoms with Gasteiger partial charge in [0.25, 0.3) is 0 Å². The van der Waals surface area contributed by atoms with Crippen LogP contribution in [0.3, 0.4) is 0 Å². The molecule has 6 nitrogen and oxygen atoms in total. The van der Waals surface area contributed by atoms with E-state index in [1.165, 1.54) is 0 Å². The molecule has 1 unspecified atom stereocenters. The first-order valence-corrected chi connectivity index (χ1v) is 6.93. The first kappa shape index (κ1) is 12.3. The van der Waals surface area contributed by atoms with Gasteiger partial charge in [-0.05, 0) is 5.56 Å². The maximum absolute atomic E-state index is 11.8. The third-order valence-corrected chi connectivity index (χ3v) is 4.40. The topological polar surface area (TPSA) is 50.3 Å². The fraction of sp³-hybridized carbons (Fsp3) is 0.500. The minimum atomic E-state index is -0.737. The summed E-state index contributed by atoms with van der Waals surface area (Å²) in [6.07, 6.45) is -0.0392. The Morgan fingerprint density at radius 3 is 2.05 bits per heavy atom. The Bertz CT molecular complexity index is 493. The molecule has 1 N–H and O–H groups in total. The van der Waals surface area contributed by atoms with Crippen LogP contribution < -0.4 is 0 Å². The lowest BCUT2D eigenvalue weighted by Crippen LogP contribution is -2.76. The van der Waals surface area contributed by atoms with Gasteiger partial charge in [-0.2, -0.15) is 0 Å². The molecular weight excluding hydrogens is 256 g/mol. The molecule has 1 atom stereocenters. The number of benzene rings is 1. The van der Waals surface area contributed by atoms with Crippen LogP contribution in [0.2, 0.25) is 0 Å². The van der Waals surface area contributed by atoms with E-state index in [0.29, 0.717) is 0 Å². The quantitative estimate of drug-likeness (QED) is 0.851. The van der Waals surface area contributed by atoms with Crippen molar-refractivity contribution >= 4 is 5.97 Å². The van der Waals surface area contributed by atoms with E-state index in [9.17, 15) is 9.90 Å². The zero-order valence-electron chi connectivity index (χ0n) is 11.2. The lowest BCUT2D eigenvalue weighted by atomic mass is 9.93. The molecule has 1 aromatic rings. The highest BCUT2D eigenvalue weighted by molar-refractivity contribution is 5.77. The summed E-state index contributed by atoms with van der Waals surface area (Å²) in [6.45, 7) is 4.48. The summed E-state index contributed by atoms with van der Waals surface area (Å²) in [5.41, 5.74) is 0.891. The summed E-state index contributed by atoms with van der Waals surface area (Å²) in [5, 5.41) is 9.73. The van der Waals surface area contributed by atoms with Gasteiger partial charge in [0.05, 0.1) is 39.5 Å². The van der Waals surface area contributed by atoms with Crippen LogP contribution in [0.25, 0.3) is 0 Å². The lowest BCUT2D eigenvalue weighted by molar-refractivity contribution is -0.237. The monoisotopic (exact) mass is 274 g/mol. The van der Waals surface area contributed by atoms with E-state index >= 15 is 0 Å². The van der Waals surface area contributed by atoms with E-state index in [1.807, 2.05) is 30.3 Å². The fourth-order valence-electron chi connectivity index (χ4n) is 3.76. The molecule has 1 aromatic carbocycles. The Balaban J connectivity index is 1.69. The van der Waals surface area contributed by atoms with Gasteiger partial charge in [0.15, 0.2) is 0 Å². The Morgan fingerprint density at radius 2 is 1.55 bits per heavy atom. The molecule has 0 aromatic heterocycles. The van der Waals surface area contributed by atoms with Crippen molar-refractivity contribution in [2.24, 2.45) is 0 Å². The Labute approximate surface area is 117 Å². The van der Waals surface area contributed by atoms with Crippen LogP contribution >= 0.6 is 0 Å². The van der Waals surface area contributed by atoms with Gasteiger partial charge in [-0.15, -0.1) is 0 Å². The molecule has 0 spiro atoms. The third kappa shape index (κ3) is 1.84. The van der Waals surface area contributed by atoms with Gasteiger partial charge in [-0.1, -0.05) is 30.3 Å². The maximum atomic E-state index is 11.8. The molecule has 0 radical (unpaired) electrons. The van der Waals surface area contributed by atoms with Crippen molar-refractivity contribution in [2.75, 3.05) is 33.3 Å². The molecule has 6 heteroatoms. The van der Waals surface area contributed by atoms with E-state index in [2.05, 4.69) is 19.6 Å². The van der Waals surface area contributed by atoms with Gasteiger partial charge in [0, 0.05) is 0 Å². The summed E-state index contributed by atoms with van der Waals surface area (Å²) in [4.78, 5) is 21.1. The Hall–Kier alpha value is -1.47. The van der Waals surface area contributed by atoms with E-state index in [0.717, 1.165) is 38.9 Å². The van der Waals surface area contributed by atoms with Crippen molar-refractivity contribution in [3.05, 3.63) is 35.9 Å². The molecule has 4 heterocycles. The highest BCUT2D eigenvalue weighted by Crippen LogP contribution is 2.34. The predicted octanol–water partition coefficient (Wildman–Crippen LogP) is 0.217. The standard InChI is InChI=1S/C14H18N4O2/c19-14(20)12(11-4-2-1-3-5-11)13-17-7-15-6-16(9-17)10-18(13)8-15/h1-5,12-13H,6-10H2,(H,19,20). The number of nitrogens with zero attached hydrogens (tertiary/aromatic N) is 4. The number of carbonyl (C=O) groups is 1. The maximum Gasteiger partial charge on any atom is 0.313 e. The molecule has 4 bridgehead atoms. The molecule has 4 fully saturated rings. The second-order valence-corrected chi connectivity index (χ2v) is 5.87. The summed E-state index contributed by atoms with van der Waals surface area (Å²) < 4.78 is 0. The molecule has 4 saturated heterocycles. The van der Waals surface area contributed by atoms with Crippen molar-refractivity contribution in [2.45, 2.75) is 12.1 Å². The summed E-state index contributed by atoms with van der Waals surface area (Å²) >= 11 is 0. The lowest BCUT2D eigenvalue weighted by Gasteiger charge is -2.61. The largest absolute Gasteiger partial charge is 0.481 e. The molecule has 5 rings (SSSR count). The average molecular weight is 274 g/mol. The number of hydrogen-bond acceptors (Lipinski definition) is 5. The predicted molar refractivity (Wildman–Crippen MR) is 72.3 cm³/mol. The Kier molecular flexibility index (Phi) is 2.78. The van der Waals surface area contributed by atoms with Gasteiger partial charge in [-0.25, -0.2) is 0 Å².